The van der Waals surface area contributed by atoms with Crippen LogP contribution in [0.3, 0.4) is 0 Å². The number of carbonyl (C=O) groups is 1. The number of nitrogens with zero attached hydrogens (tertiary/aromatic N) is 1. The van der Waals surface area contributed by atoms with Crippen LogP contribution in [0, 0.1) is 0 Å². The van der Waals surface area contributed by atoms with Crippen molar-refractivity contribution in [1.29, 1.82) is 0 Å². The summed E-state index contributed by atoms with van der Waals surface area (Å²) in [4.78, 5) is 15.7. The lowest BCUT2D eigenvalue weighted by molar-refractivity contribution is 0.100. The number of methoxy groups -OCH3 is 1. The number of amides is 1. The molecule has 4 N–H and O–H groups in total. The monoisotopic (exact) mass is 512 g/mol. The van der Waals surface area contributed by atoms with Crippen LogP contribution in [0.5, 0.6) is 5.75 Å². The zero-order valence-corrected chi connectivity index (χ0v) is 19.1. The van der Waals surface area contributed by atoms with E-state index >= 15 is 0 Å². The molecular formula is C21H29IN4O3. The third-order valence-electron chi connectivity index (χ3n) is 3.86. The van der Waals surface area contributed by atoms with Crippen molar-refractivity contribution in [3.05, 3.63) is 59.7 Å². The van der Waals surface area contributed by atoms with Gasteiger partial charge in [-0.15, -0.1) is 24.0 Å². The average molecular weight is 512 g/mol. The maximum Gasteiger partial charge on any atom is 0.248 e. The van der Waals surface area contributed by atoms with Crippen LogP contribution in [0.15, 0.2) is 53.5 Å². The van der Waals surface area contributed by atoms with E-state index in [0.717, 1.165) is 30.0 Å². The number of rotatable bonds is 10. The molecule has 0 spiro atoms. The van der Waals surface area contributed by atoms with E-state index < -0.39 is 5.91 Å². The summed E-state index contributed by atoms with van der Waals surface area (Å²) >= 11 is 0. The van der Waals surface area contributed by atoms with Crippen LogP contribution < -0.4 is 21.1 Å². The maximum absolute atomic E-state index is 11.2. The molecule has 29 heavy (non-hydrogen) atoms. The normalized spacial score (nSPS) is 10.8. The Labute approximate surface area is 189 Å². The van der Waals surface area contributed by atoms with Crippen LogP contribution in [0.4, 0.5) is 5.69 Å². The highest BCUT2D eigenvalue weighted by Crippen LogP contribution is 2.17. The molecule has 2 aromatic rings. The molecule has 158 valence electrons. The SMILES string of the molecule is CCNC(=NCc1ccc(C(N)=O)cc1)Nc1cccc(OCCCOC)c1.I. The topological polar surface area (TPSA) is 98.0 Å². The standard InChI is InChI=1S/C21H28N4O3.HI/c1-3-23-21(24-15-16-8-10-17(11-9-16)20(22)26)25-18-6-4-7-19(14-18)28-13-5-12-27-2;/h4,6-11,14H,3,5,12-13,15H2,1-2H3,(H2,22,26)(H2,23,24,25);1H. The van der Waals surface area contributed by atoms with Gasteiger partial charge >= 0.3 is 0 Å². The van der Waals surface area contributed by atoms with Gasteiger partial charge in [-0.1, -0.05) is 18.2 Å². The van der Waals surface area contributed by atoms with Gasteiger partial charge in [-0.05, 0) is 36.8 Å². The molecule has 0 aliphatic heterocycles. The summed E-state index contributed by atoms with van der Waals surface area (Å²) in [7, 11) is 1.68. The molecule has 2 rings (SSSR count). The van der Waals surface area contributed by atoms with Crippen LogP contribution in [0.25, 0.3) is 0 Å². The average Bonchev–Trinajstić information content (AvgIpc) is 2.70. The fourth-order valence-electron chi connectivity index (χ4n) is 2.45. The minimum Gasteiger partial charge on any atom is -0.493 e. The number of carbonyl (C=O) groups excluding carboxylic acids is 1. The second-order valence-corrected chi connectivity index (χ2v) is 6.10. The zero-order valence-electron chi connectivity index (χ0n) is 16.8. The summed E-state index contributed by atoms with van der Waals surface area (Å²) in [5, 5.41) is 6.50. The van der Waals surface area contributed by atoms with Crippen molar-refractivity contribution >= 4 is 41.5 Å². The van der Waals surface area contributed by atoms with E-state index in [0.29, 0.717) is 31.3 Å². The minimum atomic E-state index is -0.436. The third-order valence-corrected chi connectivity index (χ3v) is 3.86. The molecule has 0 radical (unpaired) electrons. The Bertz CT molecular complexity index is 782. The quantitative estimate of drug-likeness (QED) is 0.196. The Hall–Kier alpha value is -2.33. The largest absolute Gasteiger partial charge is 0.493 e. The van der Waals surface area contributed by atoms with Crippen molar-refractivity contribution in [1.82, 2.24) is 5.32 Å². The number of ether oxygens (including phenoxy) is 2. The van der Waals surface area contributed by atoms with Gasteiger partial charge in [0.2, 0.25) is 5.91 Å². The number of hydrogen-bond donors (Lipinski definition) is 3. The molecule has 0 saturated carbocycles. The fraction of sp³-hybridized carbons (Fsp3) is 0.333. The summed E-state index contributed by atoms with van der Waals surface area (Å²) in [6, 6.07) is 14.8. The number of anilines is 1. The molecule has 0 atom stereocenters. The first-order valence-electron chi connectivity index (χ1n) is 9.28. The summed E-state index contributed by atoms with van der Waals surface area (Å²) in [6.07, 6.45) is 0.840. The van der Waals surface area contributed by atoms with Gasteiger partial charge in [0.25, 0.3) is 0 Å². The van der Waals surface area contributed by atoms with E-state index in [1.54, 1.807) is 19.2 Å². The maximum atomic E-state index is 11.2. The number of primary amides is 1. The Balaban J connectivity index is 0.00000420. The molecule has 0 bridgehead atoms. The first kappa shape index (κ1) is 24.7. The van der Waals surface area contributed by atoms with Gasteiger partial charge in [-0.2, -0.15) is 0 Å². The van der Waals surface area contributed by atoms with Crippen LogP contribution in [0.2, 0.25) is 0 Å². The van der Waals surface area contributed by atoms with Gasteiger partial charge in [-0.25, -0.2) is 4.99 Å². The molecule has 7 nitrogen and oxygen atoms in total. The van der Waals surface area contributed by atoms with Gasteiger partial charge in [-0.3, -0.25) is 4.79 Å². The van der Waals surface area contributed by atoms with Gasteiger partial charge in [0.05, 0.1) is 13.2 Å². The van der Waals surface area contributed by atoms with E-state index in [9.17, 15) is 4.79 Å². The highest BCUT2D eigenvalue weighted by atomic mass is 127. The minimum absolute atomic E-state index is 0. The zero-order chi connectivity index (χ0) is 20.2. The van der Waals surface area contributed by atoms with Crippen molar-refractivity contribution in [3.63, 3.8) is 0 Å². The Kier molecular flexibility index (Phi) is 11.7. The number of guanidine groups is 1. The van der Waals surface area contributed by atoms with Crippen molar-refractivity contribution < 1.29 is 14.3 Å². The van der Waals surface area contributed by atoms with Crippen LogP contribution in [-0.4, -0.2) is 38.7 Å². The second kappa shape index (κ2) is 13.8. The molecule has 8 heteroatoms. The highest BCUT2D eigenvalue weighted by molar-refractivity contribution is 14.0. The first-order chi connectivity index (χ1) is 13.6. The number of nitrogens with one attached hydrogen (secondary N) is 2. The molecule has 0 fully saturated rings. The van der Waals surface area contributed by atoms with Crippen molar-refractivity contribution in [2.45, 2.75) is 19.9 Å². The predicted molar refractivity (Wildman–Crippen MR) is 127 cm³/mol. The summed E-state index contributed by atoms with van der Waals surface area (Å²) in [5.41, 5.74) is 7.62. The van der Waals surface area contributed by atoms with Crippen LogP contribution in [0.1, 0.15) is 29.3 Å². The molecule has 2 aromatic carbocycles. The summed E-state index contributed by atoms with van der Waals surface area (Å²) in [5.74, 6) is 1.02. The van der Waals surface area contributed by atoms with E-state index in [-0.39, 0.29) is 24.0 Å². The Morgan fingerprint density at radius 2 is 1.90 bits per heavy atom. The van der Waals surface area contributed by atoms with E-state index in [1.807, 2.05) is 43.3 Å². The fourth-order valence-corrected chi connectivity index (χ4v) is 2.45. The molecular weight excluding hydrogens is 483 g/mol. The third kappa shape index (κ3) is 9.14. The lowest BCUT2D eigenvalue weighted by Crippen LogP contribution is -2.30. The number of hydrogen-bond acceptors (Lipinski definition) is 4. The first-order valence-corrected chi connectivity index (χ1v) is 9.28. The predicted octanol–water partition coefficient (Wildman–Crippen LogP) is 3.40. The molecule has 0 aliphatic rings. The summed E-state index contributed by atoms with van der Waals surface area (Å²) < 4.78 is 10.8. The lowest BCUT2D eigenvalue weighted by Gasteiger charge is -2.13. The number of nitrogens with two attached hydrogens (primary N) is 1. The van der Waals surface area contributed by atoms with Crippen molar-refractivity contribution in [3.8, 4) is 5.75 Å². The van der Waals surface area contributed by atoms with Crippen molar-refractivity contribution in [2.24, 2.45) is 10.7 Å². The van der Waals surface area contributed by atoms with Gasteiger partial charge in [0.15, 0.2) is 5.96 Å². The number of benzene rings is 2. The Morgan fingerprint density at radius 3 is 2.55 bits per heavy atom. The smallest absolute Gasteiger partial charge is 0.248 e. The van der Waals surface area contributed by atoms with E-state index in [2.05, 4.69) is 15.6 Å². The van der Waals surface area contributed by atoms with Gasteiger partial charge in [0.1, 0.15) is 5.75 Å². The van der Waals surface area contributed by atoms with Crippen molar-refractivity contribution in [2.75, 3.05) is 32.2 Å². The van der Waals surface area contributed by atoms with Crippen LogP contribution in [-0.2, 0) is 11.3 Å². The van der Waals surface area contributed by atoms with E-state index in [4.69, 9.17) is 15.2 Å². The highest BCUT2D eigenvalue weighted by Gasteiger charge is 2.03. The lowest BCUT2D eigenvalue weighted by atomic mass is 10.1. The molecule has 0 aliphatic carbocycles. The number of aliphatic imine (C=N–C) groups is 1. The van der Waals surface area contributed by atoms with Gasteiger partial charge < -0.3 is 25.8 Å². The van der Waals surface area contributed by atoms with Crippen LogP contribution >= 0.6 is 24.0 Å². The molecule has 0 saturated heterocycles. The van der Waals surface area contributed by atoms with E-state index in [1.165, 1.54) is 0 Å². The molecule has 1 amide bonds. The Morgan fingerprint density at radius 1 is 1.14 bits per heavy atom. The molecule has 0 heterocycles. The number of halogens is 1. The van der Waals surface area contributed by atoms with Gasteiger partial charge in [0, 0.05) is 44.0 Å². The molecule has 0 unspecified atom stereocenters. The second-order valence-electron chi connectivity index (χ2n) is 6.10. The molecule has 0 aromatic heterocycles. The summed E-state index contributed by atoms with van der Waals surface area (Å²) in [6.45, 7) is 4.50.